The lowest BCUT2D eigenvalue weighted by Gasteiger charge is -2.27. The summed E-state index contributed by atoms with van der Waals surface area (Å²) in [6, 6.07) is -0.569. The van der Waals surface area contributed by atoms with Gasteiger partial charge in [-0.15, -0.1) is 0 Å². The number of rotatable bonds is 4. The fraction of sp³-hybridized carbons (Fsp3) is 0.875. The van der Waals surface area contributed by atoms with Gasteiger partial charge in [0.1, 0.15) is 6.04 Å². The second-order valence-electron chi connectivity index (χ2n) is 3.91. The SMILES string of the molecule is O=C(O)[C@@H]1C[C@H](CCP(=O)(O)O)CCN1. The molecule has 0 amide bonds. The number of nitrogens with one attached hydrogen (secondary N) is 1. The third kappa shape index (κ3) is 4.75. The molecule has 0 saturated carbocycles. The van der Waals surface area contributed by atoms with E-state index in [9.17, 15) is 9.36 Å². The lowest BCUT2D eigenvalue weighted by molar-refractivity contribution is -0.140. The van der Waals surface area contributed by atoms with Gasteiger partial charge in [-0.25, -0.2) is 0 Å². The summed E-state index contributed by atoms with van der Waals surface area (Å²) in [6.45, 7) is 0.600. The van der Waals surface area contributed by atoms with Crippen LogP contribution in [0.5, 0.6) is 0 Å². The Hall–Kier alpha value is -0.420. The highest BCUT2D eigenvalue weighted by Crippen LogP contribution is 2.37. The van der Waals surface area contributed by atoms with Crippen LogP contribution >= 0.6 is 7.60 Å². The van der Waals surface area contributed by atoms with Crippen LogP contribution in [0.2, 0.25) is 0 Å². The summed E-state index contributed by atoms with van der Waals surface area (Å²) in [5.74, 6) is -0.796. The Kier molecular flexibility index (Phi) is 4.28. The van der Waals surface area contributed by atoms with Gasteiger partial charge in [-0.2, -0.15) is 0 Å². The molecule has 88 valence electrons. The van der Waals surface area contributed by atoms with Crippen molar-refractivity contribution in [2.45, 2.75) is 25.3 Å². The molecule has 1 heterocycles. The largest absolute Gasteiger partial charge is 0.480 e. The van der Waals surface area contributed by atoms with Crippen molar-refractivity contribution in [2.24, 2.45) is 5.92 Å². The number of carbonyl (C=O) groups is 1. The smallest absolute Gasteiger partial charge is 0.325 e. The number of hydrogen-bond donors (Lipinski definition) is 4. The minimum Gasteiger partial charge on any atom is -0.480 e. The molecule has 0 bridgehead atoms. The number of aliphatic carboxylic acids is 1. The van der Waals surface area contributed by atoms with Gasteiger partial charge in [-0.1, -0.05) is 0 Å². The molecule has 0 aromatic carbocycles. The quantitative estimate of drug-likeness (QED) is 0.513. The summed E-state index contributed by atoms with van der Waals surface area (Å²) in [5.41, 5.74) is 0. The normalized spacial score (nSPS) is 27.6. The number of hydrogen-bond acceptors (Lipinski definition) is 3. The van der Waals surface area contributed by atoms with Crippen LogP contribution in [-0.4, -0.2) is 39.6 Å². The molecule has 1 aliphatic rings. The van der Waals surface area contributed by atoms with Gasteiger partial charge in [-0.05, 0) is 31.7 Å². The zero-order valence-electron chi connectivity index (χ0n) is 8.30. The average Bonchev–Trinajstić information content (AvgIpc) is 2.14. The molecular formula is C8H16NO5P. The van der Waals surface area contributed by atoms with Crippen molar-refractivity contribution >= 4 is 13.6 Å². The van der Waals surface area contributed by atoms with E-state index in [2.05, 4.69) is 5.32 Å². The molecule has 1 aliphatic heterocycles. The molecule has 1 rings (SSSR count). The van der Waals surface area contributed by atoms with Gasteiger partial charge < -0.3 is 20.2 Å². The highest BCUT2D eigenvalue weighted by Gasteiger charge is 2.27. The van der Waals surface area contributed by atoms with Crippen LogP contribution in [0.25, 0.3) is 0 Å². The van der Waals surface area contributed by atoms with E-state index < -0.39 is 19.6 Å². The Bertz CT molecular complexity index is 276. The molecule has 1 saturated heterocycles. The minimum atomic E-state index is -3.94. The van der Waals surface area contributed by atoms with Crippen molar-refractivity contribution in [1.29, 1.82) is 0 Å². The molecule has 0 aliphatic carbocycles. The maximum Gasteiger partial charge on any atom is 0.325 e. The van der Waals surface area contributed by atoms with Crippen molar-refractivity contribution < 1.29 is 24.3 Å². The zero-order chi connectivity index (χ0) is 11.5. The van der Waals surface area contributed by atoms with Crippen LogP contribution in [0.3, 0.4) is 0 Å². The molecule has 0 radical (unpaired) electrons. The van der Waals surface area contributed by atoms with E-state index in [-0.39, 0.29) is 12.1 Å². The molecule has 1 fully saturated rings. The van der Waals surface area contributed by atoms with E-state index in [1.807, 2.05) is 0 Å². The Balaban J connectivity index is 2.37. The summed E-state index contributed by atoms with van der Waals surface area (Å²) < 4.78 is 10.7. The van der Waals surface area contributed by atoms with Crippen LogP contribution in [0.1, 0.15) is 19.3 Å². The van der Waals surface area contributed by atoms with E-state index >= 15 is 0 Å². The molecule has 0 unspecified atom stereocenters. The van der Waals surface area contributed by atoms with Gasteiger partial charge in [0.15, 0.2) is 0 Å². The summed E-state index contributed by atoms with van der Waals surface area (Å²) in [6.07, 6.45) is 1.48. The minimum absolute atomic E-state index is 0.0972. The van der Waals surface area contributed by atoms with Crippen LogP contribution in [0, 0.1) is 5.92 Å². The fourth-order valence-corrected chi connectivity index (χ4v) is 2.50. The highest BCUT2D eigenvalue weighted by molar-refractivity contribution is 7.51. The van der Waals surface area contributed by atoms with E-state index in [1.165, 1.54) is 0 Å². The lowest BCUT2D eigenvalue weighted by atomic mass is 9.90. The molecular weight excluding hydrogens is 221 g/mol. The van der Waals surface area contributed by atoms with Crippen LogP contribution in [0.15, 0.2) is 0 Å². The van der Waals surface area contributed by atoms with Gasteiger partial charge >= 0.3 is 13.6 Å². The maximum absolute atomic E-state index is 10.7. The average molecular weight is 237 g/mol. The second kappa shape index (κ2) is 5.07. The second-order valence-corrected chi connectivity index (χ2v) is 5.69. The van der Waals surface area contributed by atoms with Crippen molar-refractivity contribution in [1.82, 2.24) is 5.32 Å². The van der Waals surface area contributed by atoms with Gasteiger partial charge in [0, 0.05) is 0 Å². The molecule has 15 heavy (non-hydrogen) atoms. The Morgan fingerprint density at radius 1 is 1.47 bits per heavy atom. The summed E-state index contributed by atoms with van der Waals surface area (Å²) in [7, 11) is -3.94. The van der Waals surface area contributed by atoms with Crippen LogP contribution in [0.4, 0.5) is 0 Å². The van der Waals surface area contributed by atoms with Crippen molar-refractivity contribution in [3.63, 3.8) is 0 Å². The third-order valence-corrected chi connectivity index (χ3v) is 3.48. The number of carboxylic acids is 1. The molecule has 6 nitrogen and oxygen atoms in total. The predicted molar refractivity (Wildman–Crippen MR) is 53.7 cm³/mol. The summed E-state index contributed by atoms with van der Waals surface area (Å²) in [5, 5.41) is 11.6. The first-order chi connectivity index (χ1) is 6.88. The molecule has 0 aromatic heterocycles. The molecule has 7 heteroatoms. The van der Waals surface area contributed by atoms with Crippen LogP contribution < -0.4 is 5.32 Å². The summed E-state index contributed by atoms with van der Waals surface area (Å²) >= 11 is 0. The summed E-state index contributed by atoms with van der Waals surface area (Å²) in [4.78, 5) is 28.1. The van der Waals surface area contributed by atoms with Crippen molar-refractivity contribution in [2.75, 3.05) is 12.7 Å². The zero-order valence-corrected chi connectivity index (χ0v) is 9.19. The molecule has 0 spiro atoms. The molecule has 4 N–H and O–H groups in total. The topological polar surface area (TPSA) is 107 Å². The van der Waals surface area contributed by atoms with Crippen molar-refractivity contribution in [3.05, 3.63) is 0 Å². The predicted octanol–water partition coefficient (Wildman–Crippen LogP) is 0.00700. The standard InChI is InChI=1S/C8H16NO5P/c10-8(11)7-5-6(1-3-9-7)2-4-15(12,13)14/h6-7,9H,1-5H2,(H,10,11)(H2,12,13,14)/t6-,7-/m0/s1. The molecule has 0 aromatic rings. The van der Waals surface area contributed by atoms with E-state index in [0.717, 1.165) is 6.42 Å². The Labute approximate surface area is 87.8 Å². The Morgan fingerprint density at radius 3 is 2.67 bits per heavy atom. The van der Waals surface area contributed by atoms with Gasteiger partial charge in [0.05, 0.1) is 6.16 Å². The maximum atomic E-state index is 10.7. The Morgan fingerprint density at radius 2 is 2.13 bits per heavy atom. The lowest BCUT2D eigenvalue weighted by Crippen LogP contribution is -2.43. The third-order valence-electron chi connectivity index (χ3n) is 2.64. The first-order valence-corrected chi connectivity index (χ1v) is 6.69. The van der Waals surface area contributed by atoms with E-state index in [0.29, 0.717) is 19.4 Å². The van der Waals surface area contributed by atoms with E-state index in [4.69, 9.17) is 14.9 Å². The fourth-order valence-electron chi connectivity index (χ4n) is 1.80. The van der Waals surface area contributed by atoms with Gasteiger partial charge in [-0.3, -0.25) is 9.36 Å². The molecule has 2 atom stereocenters. The van der Waals surface area contributed by atoms with Gasteiger partial charge in [0.2, 0.25) is 0 Å². The number of piperidine rings is 1. The van der Waals surface area contributed by atoms with E-state index in [1.54, 1.807) is 0 Å². The monoisotopic (exact) mass is 237 g/mol. The first-order valence-electron chi connectivity index (χ1n) is 4.89. The van der Waals surface area contributed by atoms with Crippen molar-refractivity contribution in [3.8, 4) is 0 Å². The highest BCUT2D eigenvalue weighted by atomic mass is 31.2. The van der Waals surface area contributed by atoms with Gasteiger partial charge in [0.25, 0.3) is 0 Å². The number of carboxylic acid groups (broad SMARTS) is 1. The van der Waals surface area contributed by atoms with Crippen LogP contribution in [-0.2, 0) is 9.36 Å². The first kappa shape index (κ1) is 12.6.